The monoisotopic (exact) mass is 396 g/mol. The zero-order valence-corrected chi connectivity index (χ0v) is 16.4. The summed E-state index contributed by atoms with van der Waals surface area (Å²) in [4.78, 5) is 34.8. The first-order chi connectivity index (χ1) is 13.8. The van der Waals surface area contributed by atoms with Crippen molar-refractivity contribution in [3.63, 3.8) is 0 Å². The second-order valence-electron chi connectivity index (χ2n) is 7.68. The molecule has 0 aromatic heterocycles. The molecule has 7 nitrogen and oxygen atoms in total. The molecular weight excluding hydrogens is 372 g/mol. The quantitative estimate of drug-likeness (QED) is 0.667. The summed E-state index contributed by atoms with van der Waals surface area (Å²) >= 11 is 0. The number of carboxylic acids is 1. The van der Waals surface area contributed by atoms with E-state index in [9.17, 15) is 14.4 Å². The Labute approximate surface area is 169 Å². The number of carbonyl (C=O) groups is 3. The SMILES string of the molecule is CC(C)(CC(=O)O)NC(=O)CNC(=O)OCC1c2ccccc2-c2ccccc21. The molecule has 1 aliphatic rings. The van der Waals surface area contributed by atoms with Crippen molar-refractivity contribution in [2.24, 2.45) is 0 Å². The van der Waals surface area contributed by atoms with Crippen molar-refractivity contribution < 1.29 is 24.2 Å². The van der Waals surface area contributed by atoms with Crippen LogP contribution in [0, 0.1) is 0 Å². The van der Waals surface area contributed by atoms with Gasteiger partial charge in [0.05, 0.1) is 6.42 Å². The largest absolute Gasteiger partial charge is 0.481 e. The van der Waals surface area contributed by atoms with Gasteiger partial charge < -0.3 is 20.5 Å². The maximum Gasteiger partial charge on any atom is 0.407 e. The molecule has 0 spiro atoms. The molecule has 3 rings (SSSR count). The third kappa shape index (κ3) is 4.93. The number of aliphatic carboxylic acids is 1. The van der Waals surface area contributed by atoms with Crippen LogP contribution in [-0.4, -0.2) is 41.8 Å². The molecule has 2 aromatic carbocycles. The maximum atomic E-state index is 12.1. The summed E-state index contributed by atoms with van der Waals surface area (Å²) < 4.78 is 5.36. The lowest BCUT2D eigenvalue weighted by molar-refractivity contribution is -0.138. The summed E-state index contributed by atoms with van der Waals surface area (Å²) in [6, 6.07) is 16.0. The number of hydrogen-bond donors (Lipinski definition) is 3. The van der Waals surface area contributed by atoms with Crippen molar-refractivity contribution in [2.75, 3.05) is 13.2 Å². The molecule has 152 valence electrons. The van der Waals surface area contributed by atoms with E-state index in [1.807, 2.05) is 36.4 Å². The number of amides is 2. The van der Waals surface area contributed by atoms with Gasteiger partial charge in [0, 0.05) is 11.5 Å². The number of hydrogen-bond acceptors (Lipinski definition) is 4. The molecule has 0 atom stereocenters. The fourth-order valence-electron chi connectivity index (χ4n) is 3.65. The van der Waals surface area contributed by atoms with Gasteiger partial charge in [-0.3, -0.25) is 9.59 Å². The van der Waals surface area contributed by atoms with Gasteiger partial charge in [-0.1, -0.05) is 48.5 Å². The van der Waals surface area contributed by atoms with E-state index in [2.05, 4.69) is 22.8 Å². The summed E-state index contributed by atoms with van der Waals surface area (Å²) in [6.07, 6.45) is -0.915. The third-order valence-electron chi connectivity index (χ3n) is 4.81. The van der Waals surface area contributed by atoms with E-state index in [-0.39, 0.29) is 25.5 Å². The average Bonchev–Trinajstić information content (AvgIpc) is 2.97. The molecule has 2 aromatic rings. The molecule has 0 unspecified atom stereocenters. The first-order valence-corrected chi connectivity index (χ1v) is 9.38. The fourth-order valence-corrected chi connectivity index (χ4v) is 3.65. The molecule has 0 heterocycles. The van der Waals surface area contributed by atoms with Gasteiger partial charge in [-0.05, 0) is 36.1 Å². The summed E-state index contributed by atoms with van der Waals surface area (Å²) in [5, 5.41) is 13.8. The predicted octanol–water partition coefficient (Wildman–Crippen LogP) is 2.89. The number of fused-ring (bicyclic) bond motifs is 3. The van der Waals surface area contributed by atoms with Crippen molar-refractivity contribution in [3.8, 4) is 11.1 Å². The lowest BCUT2D eigenvalue weighted by Crippen LogP contribution is -2.48. The van der Waals surface area contributed by atoms with Crippen LogP contribution in [0.1, 0.15) is 37.3 Å². The van der Waals surface area contributed by atoms with Crippen LogP contribution in [0.2, 0.25) is 0 Å². The van der Waals surface area contributed by atoms with Gasteiger partial charge in [-0.2, -0.15) is 0 Å². The Kier molecular flexibility index (Phi) is 5.87. The minimum atomic E-state index is -1.01. The van der Waals surface area contributed by atoms with Gasteiger partial charge in [0.2, 0.25) is 5.91 Å². The van der Waals surface area contributed by atoms with E-state index in [1.165, 1.54) is 0 Å². The second kappa shape index (κ2) is 8.34. The highest BCUT2D eigenvalue weighted by Crippen LogP contribution is 2.44. The minimum absolute atomic E-state index is 0.0588. The summed E-state index contributed by atoms with van der Waals surface area (Å²) in [7, 11) is 0. The van der Waals surface area contributed by atoms with Crippen LogP contribution >= 0.6 is 0 Å². The van der Waals surface area contributed by atoms with E-state index in [0.29, 0.717) is 0 Å². The maximum absolute atomic E-state index is 12.1. The molecule has 0 saturated carbocycles. The van der Waals surface area contributed by atoms with Crippen LogP contribution in [0.25, 0.3) is 11.1 Å². The summed E-state index contributed by atoms with van der Waals surface area (Å²) in [5.74, 6) is -1.55. The molecule has 29 heavy (non-hydrogen) atoms. The minimum Gasteiger partial charge on any atom is -0.481 e. The van der Waals surface area contributed by atoms with Crippen LogP contribution in [0.4, 0.5) is 4.79 Å². The van der Waals surface area contributed by atoms with Crippen LogP contribution < -0.4 is 10.6 Å². The van der Waals surface area contributed by atoms with E-state index in [0.717, 1.165) is 22.3 Å². The zero-order valence-electron chi connectivity index (χ0n) is 16.4. The highest BCUT2D eigenvalue weighted by Gasteiger charge is 2.29. The Bertz CT molecular complexity index is 893. The van der Waals surface area contributed by atoms with Gasteiger partial charge in [0.15, 0.2) is 0 Å². The van der Waals surface area contributed by atoms with Crippen LogP contribution in [-0.2, 0) is 14.3 Å². The molecule has 0 radical (unpaired) electrons. The lowest BCUT2D eigenvalue weighted by Gasteiger charge is -2.24. The average molecular weight is 396 g/mol. The summed E-state index contributed by atoms with van der Waals surface area (Å²) in [5.41, 5.74) is 3.57. The predicted molar refractivity (Wildman–Crippen MR) is 108 cm³/mol. The highest BCUT2D eigenvalue weighted by molar-refractivity contribution is 5.83. The fraction of sp³-hybridized carbons (Fsp3) is 0.318. The second-order valence-corrected chi connectivity index (χ2v) is 7.68. The molecule has 3 N–H and O–H groups in total. The number of ether oxygens (including phenoxy) is 1. The Hall–Kier alpha value is -3.35. The van der Waals surface area contributed by atoms with Crippen molar-refractivity contribution >= 4 is 18.0 Å². The van der Waals surface area contributed by atoms with Crippen LogP contribution in [0.3, 0.4) is 0 Å². The van der Waals surface area contributed by atoms with Crippen LogP contribution in [0.5, 0.6) is 0 Å². The molecule has 7 heteroatoms. The van der Waals surface area contributed by atoms with Crippen molar-refractivity contribution in [3.05, 3.63) is 59.7 Å². The van der Waals surface area contributed by atoms with Crippen molar-refractivity contribution in [1.29, 1.82) is 0 Å². The van der Waals surface area contributed by atoms with E-state index in [1.54, 1.807) is 13.8 Å². The zero-order chi connectivity index (χ0) is 21.0. The number of benzene rings is 2. The number of carbonyl (C=O) groups excluding carboxylic acids is 2. The Morgan fingerprint density at radius 3 is 2.10 bits per heavy atom. The lowest BCUT2D eigenvalue weighted by atomic mass is 9.98. The molecule has 1 aliphatic carbocycles. The number of rotatable bonds is 7. The first-order valence-electron chi connectivity index (χ1n) is 9.38. The van der Waals surface area contributed by atoms with E-state index >= 15 is 0 Å². The Morgan fingerprint density at radius 2 is 1.55 bits per heavy atom. The Morgan fingerprint density at radius 1 is 1.00 bits per heavy atom. The van der Waals surface area contributed by atoms with Crippen LogP contribution in [0.15, 0.2) is 48.5 Å². The van der Waals surface area contributed by atoms with E-state index < -0.39 is 23.5 Å². The number of alkyl carbamates (subject to hydrolysis) is 1. The smallest absolute Gasteiger partial charge is 0.407 e. The van der Waals surface area contributed by atoms with Gasteiger partial charge in [0.25, 0.3) is 0 Å². The van der Waals surface area contributed by atoms with Gasteiger partial charge >= 0.3 is 12.1 Å². The number of nitrogens with one attached hydrogen (secondary N) is 2. The number of carboxylic acid groups (broad SMARTS) is 1. The highest BCUT2D eigenvalue weighted by atomic mass is 16.5. The summed E-state index contributed by atoms with van der Waals surface area (Å²) in [6.45, 7) is 3.07. The van der Waals surface area contributed by atoms with Crippen molar-refractivity contribution in [1.82, 2.24) is 10.6 Å². The molecule has 0 bridgehead atoms. The standard InChI is InChI=1S/C22H24N2O5/c1-22(2,11-20(26)27)24-19(25)12-23-21(28)29-13-18-16-9-5-3-7-14(16)15-8-4-6-10-17(15)18/h3-10,18H,11-13H2,1-2H3,(H,23,28)(H,24,25)(H,26,27). The third-order valence-corrected chi connectivity index (χ3v) is 4.81. The molecule has 2 amide bonds. The molecule has 0 fully saturated rings. The van der Waals surface area contributed by atoms with E-state index in [4.69, 9.17) is 9.84 Å². The normalized spacial score (nSPS) is 12.6. The molecular formula is C22H24N2O5. The topological polar surface area (TPSA) is 105 Å². The molecule has 0 aliphatic heterocycles. The molecule has 0 saturated heterocycles. The van der Waals surface area contributed by atoms with Gasteiger partial charge in [0.1, 0.15) is 13.2 Å². The van der Waals surface area contributed by atoms with Gasteiger partial charge in [-0.25, -0.2) is 4.79 Å². The first kappa shape index (κ1) is 20.4. The van der Waals surface area contributed by atoms with Crippen molar-refractivity contribution in [2.45, 2.75) is 31.7 Å². The van der Waals surface area contributed by atoms with Gasteiger partial charge in [-0.15, -0.1) is 0 Å². The Balaban J connectivity index is 1.54.